The molecule has 1 heterocycles. The molecule has 0 bridgehead atoms. The average molecular weight is 421 g/mol. The summed E-state index contributed by atoms with van der Waals surface area (Å²) in [4.78, 5) is 28.2. The van der Waals surface area contributed by atoms with E-state index in [4.69, 9.17) is 5.73 Å². The Kier molecular flexibility index (Phi) is 6.31. The number of halogens is 3. The lowest BCUT2D eigenvalue weighted by Gasteiger charge is -2.28. The number of likely N-dealkylation sites (tertiary alicyclic amines) is 1. The van der Waals surface area contributed by atoms with Gasteiger partial charge in [0.1, 0.15) is 5.75 Å². The molecule has 2 N–H and O–H groups in total. The molecule has 2 amide bonds. The number of benzene rings is 2. The molecule has 0 atom stereocenters. The van der Waals surface area contributed by atoms with Crippen LogP contribution in [0.1, 0.15) is 23.2 Å². The number of hydrogen-bond acceptors (Lipinski definition) is 4. The Morgan fingerprint density at radius 3 is 2.27 bits per heavy atom. The summed E-state index contributed by atoms with van der Waals surface area (Å²) in [5.41, 5.74) is 6.30. The second-order valence-electron chi connectivity index (χ2n) is 7.21. The Labute approximate surface area is 172 Å². The van der Waals surface area contributed by atoms with Crippen molar-refractivity contribution in [3.63, 3.8) is 0 Å². The molecule has 1 aliphatic heterocycles. The molecule has 0 spiro atoms. The number of alkyl halides is 3. The minimum absolute atomic E-state index is 0.0245. The molecule has 1 fully saturated rings. The van der Waals surface area contributed by atoms with Crippen LogP contribution in [0.2, 0.25) is 0 Å². The molecule has 2 aromatic carbocycles. The van der Waals surface area contributed by atoms with Gasteiger partial charge in [-0.25, -0.2) is 4.79 Å². The third-order valence-corrected chi connectivity index (χ3v) is 5.01. The van der Waals surface area contributed by atoms with Crippen molar-refractivity contribution < 1.29 is 27.5 Å². The maximum absolute atomic E-state index is 12.9. The van der Waals surface area contributed by atoms with E-state index in [1.165, 1.54) is 18.2 Å². The lowest BCUT2D eigenvalue weighted by atomic mass is 9.89. The van der Waals surface area contributed by atoms with Crippen LogP contribution in [0.5, 0.6) is 5.75 Å². The van der Waals surface area contributed by atoms with Crippen molar-refractivity contribution in [2.75, 3.05) is 25.0 Å². The summed E-state index contributed by atoms with van der Waals surface area (Å²) in [7, 11) is 2.00. The molecule has 0 aliphatic carbocycles. The van der Waals surface area contributed by atoms with Gasteiger partial charge in [-0.05, 0) is 57.2 Å². The van der Waals surface area contributed by atoms with Crippen molar-refractivity contribution in [3.8, 4) is 5.75 Å². The molecule has 1 saturated heterocycles. The number of primary amides is 1. The predicted octanol–water partition coefficient (Wildman–Crippen LogP) is 4.33. The standard InChI is InChI=1S/C21H22F3N3O3/c1-26-10-8-14(9-11-26)19(28)15-4-2-5-16(12-15)27(20(25)29)17-6-3-7-18(13-17)30-21(22,23)24/h2-7,12-14H,8-11H2,1H3,(H2,25,29). The van der Waals surface area contributed by atoms with Crippen LogP contribution in [0, 0.1) is 5.92 Å². The van der Waals surface area contributed by atoms with Crippen LogP contribution in [-0.2, 0) is 0 Å². The quantitative estimate of drug-likeness (QED) is 0.730. The SMILES string of the molecule is CN1CCC(C(=O)c2cccc(N(C(N)=O)c3cccc(OC(F)(F)F)c3)c2)CC1. The maximum Gasteiger partial charge on any atom is 0.573 e. The highest BCUT2D eigenvalue weighted by Crippen LogP contribution is 2.32. The van der Waals surface area contributed by atoms with Gasteiger partial charge in [0.15, 0.2) is 5.78 Å². The number of urea groups is 1. The van der Waals surface area contributed by atoms with Crippen LogP contribution in [0.15, 0.2) is 48.5 Å². The number of amides is 2. The molecule has 0 saturated carbocycles. The topological polar surface area (TPSA) is 75.9 Å². The van der Waals surface area contributed by atoms with Crippen molar-refractivity contribution in [3.05, 3.63) is 54.1 Å². The number of ether oxygens (including phenoxy) is 1. The zero-order valence-electron chi connectivity index (χ0n) is 16.4. The first-order valence-corrected chi connectivity index (χ1v) is 9.42. The van der Waals surface area contributed by atoms with E-state index >= 15 is 0 Å². The highest BCUT2D eigenvalue weighted by Gasteiger charge is 2.31. The minimum Gasteiger partial charge on any atom is -0.406 e. The van der Waals surface area contributed by atoms with E-state index in [0.717, 1.165) is 43.0 Å². The summed E-state index contributed by atoms with van der Waals surface area (Å²) in [6.07, 6.45) is -3.37. The van der Waals surface area contributed by atoms with Gasteiger partial charge in [-0.3, -0.25) is 9.69 Å². The Balaban J connectivity index is 1.89. The van der Waals surface area contributed by atoms with Crippen LogP contribution in [-0.4, -0.2) is 43.2 Å². The van der Waals surface area contributed by atoms with Crippen LogP contribution in [0.25, 0.3) is 0 Å². The smallest absolute Gasteiger partial charge is 0.406 e. The van der Waals surface area contributed by atoms with Gasteiger partial charge >= 0.3 is 12.4 Å². The molecule has 6 nitrogen and oxygen atoms in total. The fourth-order valence-corrected chi connectivity index (χ4v) is 3.53. The van der Waals surface area contributed by atoms with Crippen LogP contribution in [0.3, 0.4) is 0 Å². The number of hydrogen-bond donors (Lipinski definition) is 1. The van der Waals surface area contributed by atoms with E-state index in [9.17, 15) is 22.8 Å². The van der Waals surface area contributed by atoms with Gasteiger partial charge in [-0.2, -0.15) is 0 Å². The molecule has 0 aromatic heterocycles. The molecule has 30 heavy (non-hydrogen) atoms. The summed E-state index contributed by atoms with van der Waals surface area (Å²) in [5.74, 6) is -0.615. The zero-order valence-corrected chi connectivity index (χ0v) is 16.4. The first-order chi connectivity index (χ1) is 14.1. The zero-order chi connectivity index (χ0) is 21.9. The van der Waals surface area contributed by atoms with Crippen molar-refractivity contribution in [2.45, 2.75) is 19.2 Å². The van der Waals surface area contributed by atoms with E-state index in [-0.39, 0.29) is 23.1 Å². The largest absolute Gasteiger partial charge is 0.573 e. The van der Waals surface area contributed by atoms with Crippen molar-refractivity contribution in [1.29, 1.82) is 0 Å². The second kappa shape index (κ2) is 8.74. The number of rotatable bonds is 5. The van der Waals surface area contributed by atoms with Gasteiger partial charge in [0.05, 0.1) is 11.4 Å². The summed E-state index contributed by atoms with van der Waals surface area (Å²) < 4.78 is 41.5. The predicted molar refractivity (Wildman–Crippen MR) is 106 cm³/mol. The minimum atomic E-state index is -4.86. The maximum atomic E-state index is 12.9. The molecule has 9 heteroatoms. The van der Waals surface area contributed by atoms with Gasteiger partial charge in [-0.1, -0.05) is 18.2 Å². The Morgan fingerprint density at radius 2 is 1.67 bits per heavy atom. The van der Waals surface area contributed by atoms with Gasteiger partial charge in [0.2, 0.25) is 0 Å². The summed E-state index contributed by atoms with van der Waals surface area (Å²) in [6.45, 7) is 1.66. The highest BCUT2D eigenvalue weighted by atomic mass is 19.4. The van der Waals surface area contributed by atoms with Crippen LogP contribution < -0.4 is 15.4 Å². The number of Topliss-reactive ketones (excluding diaryl/α,β-unsaturated/α-hetero) is 1. The van der Waals surface area contributed by atoms with Gasteiger partial charge < -0.3 is 15.4 Å². The molecular formula is C21H22F3N3O3. The molecule has 0 unspecified atom stereocenters. The van der Waals surface area contributed by atoms with Gasteiger partial charge in [0, 0.05) is 17.5 Å². The van der Waals surface area contributed by atoms with Crippen molar-refractivity contribution in [1.82, 2.24) is 4.90 Å². The van der Waals surface area contributed by atoms with Gasteiger partial charge in [-0.15, -0.1) is 13.2 Å². The summed E-state index contributed by atoms with van der Waals surface area (Å²) >= 11 is 0. The van der Waals surface area contributed by atoms with E-state index in [0.29, 0.717) is 5.56 Å². The number of carbonyl (C=O) groups excluding carboxylic acids is 2. The molecule has 160 valence electrons. The third kappa shape index (κ3) is 5.29. The Morgan fingerprint density at radius 1 is 1.07 bits per heavy atom. The lowest BCUT2D eigenvalue weighted by Crippen LogP contribution is -2.34. The van der Waals surface area contributed by atoms with E-state index in [1.807, 2.05) is 7.05 Å². The highest BCUT2D eigenvalue weighted by molar-refractivity contribution is 6.02. The normalized spacial score (nSPS) is 15.6. The fraction of sp³-hybridized carbons (Fsp3) is 0.333. The lowest BCUT2D eigenvalue weighted by molar-refractivity contribution is -0.274. The number of nitrogens with two attached hydrogens (primary N) is 1. The first-order valence-electron chi connectivity index (χ1n) is 9.42. The van der Waals surface area contributed by atoms with E-state index in [1.54, 1.807) is 18.2 Å². The monoisotopic (exact) mass is 421 g/mol. The molecule has 2 aromatic rings. The first kappa shape index (κ1) is 21.6. The van der Waals surface area contributed by atoms with Crippen LogP contribution >= 0.6 is 0 Å². The number of piperidine rings is 1. The van der Waals surface area contributed by atoms with Crippen molar-refractivity contribution >= 4 is 23.2 Å². The molecule has 1 aliphatic rings. The van der Waals surface area contributed by atoms with Crippen LogP contribution in [0.4, 0.5) is 29.3 Å². The van der Waals surface area contributed by atoms with E-state index in [2.05, 4.69) is 9.64 Å². The van der Waals surface area contributed by atoms with Gasteiger partial charge in [0.25, 0.3) is 0 Å². The summed E-state index contributed by atoms with van der Waals surface area (Å²) in [6, 6.07) is 10.4. The molecule has 3 rings (SSSR count). The third-order valence-electron chi connectivity index (χ3n) is 5.01. The fourth-order valence-electron chi connectivity index (χ4n) is 3.53. The number of anilines is 2. The Bertz CT molecular complexity index is 925. The Hall–Kier alpha value is -3.07. The molecule has 0 radical (unpaired) electrons. The second-order valence-corrected chi connectivity index (χ2v) is 7.21. The number of ketones is 1. The van der Waals surface area contributed by atoms with E-state index < -0.39 is 18.1 Å². The number of carbonyl (C=O) groups is 2. The number of nitrogens with zero attached hydrogens (tertiary/aromatic N) is 2. The average Bonchev–Trinajstić information content (AvgIpc) is 2.67. The summed E-state index contributed by atoms with van der Waals surface area (Å²) in [5, 5.41) is 0. The molecular weight excluding hydrogens is 399 g/mol. The van der Waals surface area contributed by atoms with Crippen molar-refractivity contribution in [2.24, 2.45) is 11.7 Å².